The highest BCUT2D eigenvalue weighted by molar-refractivity contribution is 5.74. The van der Waals surface area contributed by atoms with Crippen molar-refractivity contribution < 1.29 is 20.4 Å². The van der Waals surface area contributed by atoms with Crippen LogP contribution in [0.3, 0.4) is 0 Å². The molecule has 4 nitrogen and oxygen atoms in total. The van der Waals surface area contributed by atoms with Crippen LogP contribution in [0.2, 0.25) is 0 Å². The predicted octanol–water partition coefficient (Wildman–Crippen LogP) is 7.11. The molecule has 0 spiro atoms. The fraction of sp³-hybridized carbons (Fsp3) is 0.200. The second-order valence-corrected chi connectivity index (χ2v) is 8.77. The van der Waals surface area contributed by atoms with Crippen LogP contribution in [0.25, 0.3) is 11.1 Å². The summed E-state index contributed by atoms with van der Waals surface area (Å²) >= 11 is 0. The van der Waals surface area contributed by atoms with Gasteiger partial charge in [-0.2, -0.15) is 0 Å². The van der Waals surface area contributed by atoms with Crippen molar-refractivity contribution in [2.75, 3.05) is 0 Å². The Labute approximate surface area is 200 Å². The summed E-state index contributed by atoms with van der Waals surface area (Å²) in [6.45, 7) is 0. The van der Waals surface area contributed by atoms with Gasteiger partial charge in [-0.1, -0.05) is 79.9 Å². The van der Waals surface area contributed by atoms with E-state index >= 15 is 0 Å². The van der Waals surface area contributed by atoms with Crippen molar-refractivity contribution >= 4 is 0 Å². The third kappa shape index (κ3) is 5.01. The van der Waals surface area contributed by atoms with Gasteiger partial charge in [0.25, 0.3) is 0 Å². The highest BCUT2D eigenvalue weighted by Gasteiger charge is 2.35. The minimum Gasteiger partial charge on any atom is -0.508 e. The fourth-order valence-corrected chi connectivity index (χ4v) is 4.86. The molecule has 1 aliphatic carbocycles. The number of benzene rings is 4. The van der Waals surface area contributed by atoms with Gasteiger partial charge in [-0.25, -0.2) is 0 Å². The summed E-state index contributed by atoms with van der Waals surface area (Å²) in [7, 11) is 0. The van der Waals surface area contributed by atoms with Gasteiger partial charge in [0.15, 0.2) is 0 Å². The van der Waals surface area contributed by atoms with Gasteiger partial charge in [0.2, 0.25) is 0 Å². The van der Waals surface area contributed by atoms with Crippen molar-refractivity contribution in [3.63, 3.8) is 0 Å². The maximum atomic E-state index is 9.58. The number of rotatable bonds is 3. The minimum absolute atomic E-state index is 0.0274. The van der Waals surface area contributed by atoms with Crippen molar-refractivity contribution in [2.24, 2.45) is 0 Å². The summed E-state index contributed by atoms with van der Waals surface area (Å²) in [5.41, 5.74) is 3.84. The largest absolute Gasteiger partial charge is 0.508 e. The van der Waals surface area contributed by atoms with Gasteiger partial charge in [-0.05, 0) is 60.4 Å². The molecule has 1 fully saturated rings. The Morgan fingerprint density at radius 3 is 1.21 bits per heavy atom. The van der Waals surface area contributed by atoms with Crippen molar-refractivity contribution in [3.8, 4) is 34.1 Å². The number of phenolic OH excluding ortho intramolecular Hbond substituents is 4. The molecule has 1 aliphatic rings. The first-order valence-corrected chi connectivity index (χ1v) is 11.6. The van der Waals surface area contributed by atoms with Crippen molar-refractivity contribution in [1.29, 1.82) is 0 Å². The van der Waals surface area contributed by atoms with Crippen LogP contribution in [0.1, 0.15) is 43.2 Å². The van der Waals surface area contributed by atoms with Gasteiger partial charge >= 0.3 is 0 Å². The van der Waals surface area contributed by atoms with Crippen molar-refractivity contribution in [1.82, 2.24) is 0 Å². The lowest BCUT2D eigenvalue weighted by atomic mass is 9.65. The van der Waals surface area contributed by atoms with E-state index in [-0.39, 0.29) is 16.9 Å². The van der Waals surface area contributed by atoms with Gasteiger partial charge in [0.1, 0.15) is 23.0 Å². The van der Waals surface area contributed by atoms with Crippen LogP contribution < -0.4 is 0 Å². The standard InChI is InChI=1S/C18H20O2.C12H10O2/c19-16-8-4-14(5-9-16)18(12-2-1-3-13-18)15-6-10-17(20)11-7-15;13-11-7-3-1-5-9(11)10-6-2-4-8-12(10)14/h4-11,19-20H,1-3,12-13H2;1-8,13-14H. The Kier molecular flexibility index (Phi) is 7.07. The van der Waals surface area contributed by atoms with E-state index in [9.17, 15) is 20.4 Å². The van der Waals surface area contributed by atoms with E-state index in [2.05, 4.69) is 0 Å². The summed E-state index contributed by atoms with van der Waals surface area (Å²) < 4.78 is 0. The highest BCUT2D eigenvalue weighted by Crippen LogP contribution is 2.45. The third-order valence-corrected chi connectivity index (χ3v) is 6.65. The van der Waals surface area contributed by atoms with E-state index in [0.717, 1.165) is 12.8 Å². The molecule has 5 rings (SSSR count). The van der Waals surface area contributed by atoms with Crippen LogP contribution in [-0.4, -0.2) is 20.4 Å². The van der Waals surface area contributed by atoms with Crippen LogP contribution in [0.15, 0.2) is 97.1 Å². The molecule has 4 N–H and O–H groups in total. The Morgan fingerprint density at radius 1 is 0.441 bits per heavy atom. The molecular formula is C30H30O4. The smallest absolute Gasteiger partial charge is 0.123 e. The van der Waals surface area contributed by atoms with Crippen LogP contribution in [0.5, 0.6) is 23.0 Å². The van der Waals surface area contributed by atoms with Gasteiger partial charge in [0, 0.05) is 16.5 Å². The van der Waals surface area contributed by atoms with Crippen molar-refractivity contribution in [2.45, 2.75) is 37.5 Å². The average molecular weight is 455 g/mol. The van der Waals surface area contributed by atoms with Crippen LogP contribution in [0, 0.1) is 0 Å². The first-order valence-electron chi connectivity index (χ1n) is 11.6. The number of hydrogen-bond donors (Lipinski definition) is 4. The highest BCUT2D eigenvalue weighted by atomic mass is 16.3. The zero-order chi connectivity index (χ0) is 24.0. The molecule has 0 amide bonds. The van der Waals surface area contributed by atoms with E-state index in [1.807, 2.05) is 36.4 Å². The Bertz CT molecular complexity index is 1120. The number of phenols is 4. The van der Waals surface area contributed by atoms with Crippen LogP contribution >= 0.6 is 0 Å². The summed E-state index contributed by atoms with van der Waals surface area (Å²) in [5.74, 6) is 0.971. The van der Waals surface area contributed by atoms with E-state index in [0.29, 0.717) is 22.6 Å². The summed E-state index contributed by atoms with van der Waals surface area (Å²) in [4.78, 5) is 0. The molecule has 34 heavy (non-hydrogen) atoms. The lowest BCUT2D eigenvalue weighted by Gasteiger charge is -2.38. The first kappa shape index (κ1) is 23.2. The first-order chi connectivity index (χ1) is 16.5. The van der Waals surface area contributed by atoms with Gasteiger partial charge in [-0.15, -0.1) is 0 Å². The zero-order valence-electron chi connectivity index (χ0n) is 19.1. The van der Waals surface area contributed by atoms with Crippen LogP contribution in [0.4, 0.5) is 0 Å². The maximum absolute atomic E-state index is 9.58. The number of aromatic hydroxyl groups is 4. The van der Waals surface area contributed by atoms with E-state index in [1.54, 1.807) is 60.7 Å². The van der Waals surface area contributed by atoms with E-state index in [4.69, 9.17) is 0 Å². The third-order valence-electron chi connectivity index (χ3n) is 6.65. The zero-order valence-corrected chi connectivity index (χ0v) is 19.1. The fourth-order valence-electron chi connectivity index (χ4n) is 4.86. The summed E-state index contributed by atoms with van der Waals surface area (Å²) in [6, 6.07) is 29.1. The summed E-state index contributed by atoms with van der Waals surface area (Å²) in [6.07, 6.45) is 5.99. The molecule has 0 atom stereocenters. The summed E-state index contributed by atoms with van der Waals surface area (Å²) in [5, 5.41) is 38.2. The Balaban J connectivity index is 0.000000172. The quantitative estimate of drug-likeness (QED) is 0.266. The average Bonchev–Trinajstić information content (AvgIpc) is 2.87. The minimum atomic E-state index is 0.0274. The normalized spacial score (nSPS) is 14.6. The molecular weight excluding hydrogens is 424 g/mol. The molecule has 0 aromatic heterocycles. The molecule has 4 heteroatoms. The lowest BCUT2D eigenvalue weighted by Crippen LogP contribution is -2.30. The molecule has 0 unspecified atom stereocenters. The SMILES string of the molecule is Oc1ccc(C2(c3ccc(O)cc3)CCCCC2)cc1.Oc1ccccc1-c1ccccc1O. The predicted molar refractivity (Wildman–Crippen MR) is 135 cm³/mol. The van der Waals surface area contributed by atoms with E-state index < -0.39 is 0 Å². The van der Waals surface area contributed by atoms with Gasteiger partial charge in [0.05, 0.1) is 0 Å². The van der Waals surface area contributed by atoms with Gasteiger partial charge in [-0.3, -0.25) is 0 Å². The van der Waals surface area contributed by atoms with Crippen molar-refractivity contribution in [3.05, 3.63) is 108 Å². The Morgan fingerprint density at radius 2 is 0.824 bits per heavy atom. The molecule has 4 aromatic carbocycles. The molecule has 174 valence electrons. The molecule has 0 heterocycles. The molecule has 1 saturated carbocycles. The Hall–Kier alpha value is -3.92. The monoisotopic (exact) mass is 454 g/mol. The van der Waals surface area contributed by atoms with E-state index in [1.165, 1.54) is 30.4 Å². The molecule has 0 aliphatic heterocycles. The molecule has 0 bridgehead atoms. The number of hydrogen-bond acceptors (Lipinski definition) is 4. The van der Waals surface area contributed by atoms with Gasteiger partial charge < -0.3 is 20.4 Å². The topological polar surface area (TPSA) is 80.9 Å². The van der Waals surface area contributed by atoms with Crippen LogP contribution in [-0.2, 0) is 5.41 Å². The lowest BCUT2D eigenvalue weighted by molar-refractivity contribution is 0.345. The number of para-hydroxylation sites is 2. The maximum Gasteiger partial charge on any atom is 0.123 e. The second-order valence-electron chi connectivity index (χ2n) is 8.77. The molecule has 0 radical (unpaired) electrons. The molecule has 0 saturated heterocycles. The molecule has 4 aromatic rings. The second kappa shape index (κ2) is 10.3.